The molecule has 0 spiro atoms. The molecule has 0 radical (unpaired) electrons. The summed E-state index contributed by atoms with van der Waals surface area (Å²) in [7, 11) is 2.10. The number of benzene rings is 1. The average Bonchev–Trinajstić information content (AvgIpc) is 2.63. The van der Waals surface area contributed by atoms with Gasteiger partial charge in [-0.3, -0.25) is 0 Å². The van der Waals surface area contributed by atoms with Crippen molar-refractivity contribution >= 4 is 10.9 Å². The van der Waals surface area contributed by atoms with Crippen LogP contribution < -0.4 is 5.32 Å². The lowest BCUT2D eigenvalue weighted by Gasteiger charge is -2.24. The molecule has 3 nitrogen and oxygen atoms in total. The van der Waals surface area contributed by atoms with Crippen molar-refractivity contribution in [1.82, 2.24) is 9.88 Å². The maximum atomic E-state index is 9.72. The van der Waals surface area contributed by atoms with Crippen molar-refractivity contribution in [1.29, 1.82) is 0 Å². The van der Waals surface area contributed by atoms with Gasteiger partial charge >= 0.3 is 0 Å². The van der Waals surface area contributed by atoms with Gasteiger partial charge in [0.1, 0.15) is 5.75 Å². The number of aromatic hydroxyl groups is 1. The topological polar surface area (TPSA) is 37.2 Å². The van der Waals surface area contributed by atoms with Crippen molar-refractivity contribution in [2.45, 2.75) is 32.2 Å². The number of phenols is 1. The summed E-state index contributed by atoms with van der Waals surface area (Å²) in [5.41, 5.74) is 3.87. The number of aromatic nitrogens is 1. The molecule has 1 fully saturated rings. The lowest BCUT2D eigenvalue weighted by Crippen LogP contribution is -2.27. The maximum absolute atomic E-state index is 9.72. The van der Waals surface area contributed by atoms with Gasteiger partial charge in [-0.05, 0) is 50.1 Å². The molecule has 0 bridgehead atoms. The molecule has 0 aliphatic carbocycles. The average molecular weight is 244 g/mol. The van der Waals surface area contributed by atoms with E-state index in [9.17, 15) is 5.11 Å². The second-order valence-electron chi connectivity index (χ2n) is 5.26. The van der Waals surface area contributed by atoms with E-state index in [1.165, 1.54) is 41.4 Å². The first-order valence-corrected chi connectivity index (χ1v) is 6.70. The highest BCUT2D eigenvalue weighted by molar-refractivity contribution is 5.87. The molecule has 1 aliphatic heterocycles. The number of aryl methyl sites for hydroxylation is 1. The summed E-state index contributed by atoms with van der Waals surface area (Å²) in [6.45, 7) is 3.27. The zero-order valence-corrected chi connectivity index (χ0v) is 11.0. The third kappa shape index (κ3) is 1.70. The first-order chi connectivity index (χ1) is 8.68. The van der Waals surface area contributed by atoms with Crippen molar-refractivity contribution in [2.24, 2.45) is 7.05 Å². The van der Waals surface area contributed by atoms with Gasteiger partial charge in [0.05, 0.1) is 0 Å². The van der Waals surface area contributed by atoms with Crippen LogP contribution in [0.3, 0.4) is 0 Å². The molecule has 2 heterocycles. The molecule has 3 heteroatoms. The lowest BCUT2D eigenvalue weighted by molar-refractivity contribution is 0.412. The minimum absolute atomic E-state index is 0.352. The highest BCUT2D eigenvalue weighted by Crippen LogP contribution is 2.35. The summed E-state index contributed by atoms with van der Waals surface area (Å²) < 4.78 is 2.22. The first-order valence-electron chi connectivity index (χ1n) is 6.70. The Morgan fingerprint density at radius 1 is 1.33 bits per heavy atom. The van der Waals surface area contributed by atoms with E-state index in [1.807, 2.05) is 12.1 Å². The fraction of sp³-hybridized carbons (Fsp3) is 0.467. The fourth-order valence-corrected chi connectivity index (χ4v) is 3.13. The van der Waals surface area contributed by atoms with Gasteiger partial charge < -0.3 is 15.0 Å². The van der Waals surface area contributed by atoms with E-state index >= 15 is 0 Å². The number of hydrogen-bond donors (Lipinski definition) is 2. The van der Waals surface area contributed by atoms with Crippen LogP contribution in [-0.4, -0.2) is 16.2 Å². The zero-order valence-electron chi connectivity index (χ0n) is 11.0. The molecule has 2 N–H and O–H groups in total. The van der Waals surface area contributed by atoms with Crippen LogP contribution in [0.25, 0.3) is 10.9 Å². The quantitative estimate of drug-likeness (QED) is 0.809. The Morgan fingerprint density at radius 2 is 2.17 bits per heavy atom. The molecule has 0 saturated carbocycles. The number of fused-ring (bicyclic) bond motifs is 1. The number of nitrogens with zero attached hydrogens (tertiary/aromatic N) is 1. The summed E-state index contributed by atoms with van der Waals surface area (Å²) in [6, 6.07) is 6.10. The molecule has 2 aromatic rings. The third-order valence-corrected chi connectivity index (χ3v) is 4.18. The largest absolute Gasteiger partial charge is 0.508 e. The van der Waals surface area contributed by atoms with Crippen molar-refractivity contribution in [3.05, 3.63) is 29.5 Å². The van der Waals surface area contributed by atoms with Crippen LogP contribution in [0, 0.1) is 6.92 Å². The lowest BCUT2D eigenvalue weighted by atomic mass is 9.95. The smallest absolute Gasteiger partial charge is 0.116 e. The standard InChI is InChI=1S/C15H20N2O/c1-10-15(13-5-3-4-8-16-13)12-9-11(18)6-7-14(12)17(10)2/h6-7,9,13,16,18H,3-5,8H2,1-2H3. The molecule has 3 rings (SSSR count). The highest BCUT2D eigenvalue weighted by atomic mass is 16.3. The van der Waals surface area contributed by atoms with Gasteiger partial charge in [0.25, 0.3) is 0 Å². The van der Waals surface area contributed by atoms with E-state index in [0.29, 0.717) is 11.8 Å². The predicted molar refractivity (Wildman–Crippen MR) is 73.9 cm³/mol. The highest BCUT2D eigenvalue weighted by Gasteiger charge is 2.22. The minimum Gasteiger partial charge on any atom is -0.508 e. The molecule has 18 heavy (non-hydrogen) atoms. The third-order valence-electron chi connectivity index (χ3n) is 4.18. The molecule has 1 atom stereocenters. The number of hydrogen-bond acceptors (Lipinski definition) is 2. The van der Waals surface area contributed by atoms with E-state index in [2.05, 4.69) is 23.9 Å². The second kappa shape index (κ2) is 4.32. The van der Waals surface area contributed by atoms with Gasteiger partial charge in [0.15, 0.2) is 0 Å². The van der Waals surface area contributed by atoms with E-state index < -0.39 is 0 Å². The molecule has 1 aromatic carbocycles. The van der Waals surface area contributed by atoms with Crippen LogP contribution in [-0.2, 0) is 7.05 Å². The predicted octanol–water partition coefficient (Wildman–Crippen LogP) is 3.01. The van der Waals surface area contributed by atoms with Crippen molar-refractivity contribution in [3.8, 4) is 5.75 Å². The van der Waals surface area contributed by atoms with Gasteiger partial charge in [-0.1, -0.05) is 6.42 Å². The van der Waals surface area contributed by atoms with Gasteiger partial charge in [0.2, 0.25) is 0 Å². The Morgan fingerprint density at radius 3 is 2.89 bits per heavy atom. The number of rotatable bonds is 1. The Hall–Kier alpha value is -1.48. The van der Waals surface area contributed by atoms with Gasteiger partial charge in [-0.2, -0.15) is 0 Å². The van der Waals surface area contributed by atoms with Crippen LogP contribution in [0.15, 0.2) is 18.2 Å². The van der Waals surface area contributed by atoms with Crippen molar-refractivity contribution in [2.75, 3.05) is 6.54 Å². The number of piperidine rings is 1. The summed E-state index contributed by atoms with van der Waals surface area (Å²) in [4.78, 5) is 0. The van der Waals surface area contributed by atoms with Crippen LogP contribution in [0.5, 0.6) is 5.75 Å². The molecule has 1 unspecified atom stereocenters. The summed E-state index contributed by atoms with van der Waals surface area (Å²) in [6.07, 6.45) is 3.74. The van der Waals surface area contributed by atoms with Crippen molar-refractivity contribution < 1.29 is 5.11 Å². The number of nitrogens with one attached hydrogen (secondary N) is 1. The first kappa shape index (κ1) is 11.6. The van der Waals surface area contributed by atoms with Gasteiger partial charge in [0, 0.05) is 29.7 Å². The number of phenolic OH excluding ortho intramolecular Hbond substituents is 1. The Labute approximate surface area is 107 Å². The molecular formula is C15H20N2O. The van der Waals surface area contributed by atoms with Crippen molar-refractivity contribution in [3.63, 3.8) is 0 Å². The van der Waals surface area contributed by atoms with Gasteiger partial charge in [-0.15, -0.1) is 0 Å². The Kier molecular flexibility index (Phi) is 2.78. The van der Waals surface area contributed by atoms with Gasteiger partial charge in [-0.25, -0.2) is 0 Å². The van der Waals surface area contributed by atoms with Crippen LogP contribution >= 0.6 is 0 Å². The molecule has 0 amide bonds. The van der Waals surface area contributed by atoms with Crippen LogP contribution in [0.1, 0.15) is 36.6 Å². The van der Waals surface area contributed by atoms with Crippen LogP contribution in [0.4, 0.5) is 0 Å². The Balaban J connectivity index is 2.20. The molecular weight excluding hydrogens is 224 g/mol. The summed E-state index contributed by atoms with van der Waals surface area (Å²) in [5.74, 6) is 0.352. The van der Waals surface area contributed by atoms with E-state index in [1.54, 1.807) is 6.07 Å². The molecule has 1 saturated heterocycles. The monoisotopic (exact) mass is 244 g/mol. The SMILES string of the molecule is Cc1c(C2CCCCN2)c2cc(O)ccc2n1C. The molecule has 96 valence electrons. The molecule has 1 aliphatic rings. The van der Waals surface area contributed by atoms with E-state index in [0.717, 1.165) is 6.54 Å². The normalized spacial score (nSPS) is 20.4. The summed E-state index contributed by atoms with van der Waals surface area (Å²) in [5, 5.41) is 14.5. The van der Waals surface area contributed by atoms with E-state index in [-0.39, 0.29) is 0 Å². The second-order valence-corrected chi connectivity index (χ2v) is 5.26. The zero-order chi connectivity index (χ0) is 12.7. The van der Waals surface area contributed by atoms with E-state index in [4.69, 9.17) is 0 Å². The fourth-order valence-electron chi connectivity index (χ4n) is 3.13. The van der Waals surface area contributed by atoms with Crippen LogP contribution in [0.2, 0.25) is 0 Å². The summed E-state index contributed by atoms with van der Waals surface area (Å²) >= 11 is 0. The minimum atomic E-state index is 0.352. The maximum Gasteiger partial charge on any atom is 0.116 e. The Bertz CT molecular complexity index is 580. The molecule has 1 aromatic heterocycles.